The van der Waals surface area contributed by atoms with Crippen molar-refractivity contribution in [3.05, 3.63) is 71.4 Å². The van der Waals surface area contributed by atoms with Crippen molar-refractivity contribution in [2.75, 3.05) is 7.11 Å². The summed E-state index contributed by atoms with van der Waals surface area (Å²) >= 11 is 0. The Labute approximate surface area is 226 Å². The Morgan fingerprint density at radius 3 is 2.41 bits per heavy atom. The molecule has 206 valence electrons. The summed E-state index contributed by atoms with van der Waals surface area (Å²) in [5, 5.41) is 12.4. The van der Waals surface area contributed by atoms with Gasteiger partial charge in [0.1, 0.15) is 6.04 Å². The van der Waals surface area contributed by atoms with Gasteiger partial charge < -0.3 is 19.9 Å². The highest BCUT2D eigenvalue weighted by molar-refractivity contribution is 5.93. The van der Waals surface area contributed by atoms with E-state index in [4.69, 9.17) is 9.94 Å². The average molecular weight is 535 g/mol. The summed E-state index contributed by atoms with van der Waals surface area (Å²) in [7, 11) is 1.27. The highest BCUT2D eigenvalue weighted by Crippen LogP contribution is 2.31. The number of nitrogens with zero attached hydrogens (tertiary/aromatic N) is 1. The van der Waals surface area contributed by atoms with Gasteiger partial charge in [-0.3, -0.25) is 19.6 Å². The van der Waals surface area contributed by atoms with Crippen LogP contribution in [0.1, 0.15) is 61.4 Å². The Kier molecular flexibility index (Phi) is 9.32. The molecule has 0 radical (unpaired) electrons. The fourth-order valence-corrected chi connectivity index (χ4v) is 5.10. The Hall–Kier alpha value is -4.18. The number of hydroxylamine groups is 1. The van der Waals surface area contributed by atoms with E-state index in [1.54, 1.807) is 34.6 Å². The van der Waals surface area contributed by atoms with Crippen molar-refractivity contribution in [3.63, 3.8) is 0 Å². The fraction of sp³-hybridized carbons (Fsp3) is 0.379. The van der Waals surface area contributed by atoms with E-state index in [-0.39, 0.29) is 25.3 Å². The maximum absolute atomic E-state index is 13.7. The van der Waals surface area contributed by atoms with E-state index in [9.17, 15) is 19.2 Å². The Morgan fingerprint density at radius 1 is 1.00 bits per heavy atom. The van der Waals surface area contributed by atoms with Crippen LogP contribution in [0, 0.1) is 0 Å². The number of H-pyrrole nitrogens is 1. The van der Waals surface area contributed by atoms with E-state index in [0.29, 0.717) is 24.8 Å². The third kappa shape index (κ3) is 6.64. The maximum Gasteiger partial charge on any atom is 0.333 e. The molecular formula is C29H34N4O6. The van der Waals surface area contributed by atoms with Crippen molar-refractivity contribution in [2.24, 2.45) is 0 Å². The lowest BCUT2D eigenvalue weighted by Crippen LogP contribution is -2.53. The molecule has 3 aromatic rings. The molecule has 2 aromatic carbocycles. The number of para-hydroxylation sites is 1. The van der Waals surface area contributed by atoms with Crippen molar-refractivity contribution in [1.29, 1.82) is 0 Å². The van der Waals surface area contributed by atoms with Crippen molar-refractivity contribution < 1.29 is 29.1 Å². The largest absolute Gasteiger partial charge is 0.467 e. The lowest BCUT2D eigenvalue weighted by atomic mass is 9.94. The number of esters is 1. The number of unbranched alkanes of at least 4 members (excludes halogenated alkanes) is 3. The van der Waals surface area contributed by atoms with Crippen LogP contribution in [0.4, 0.5) is 0 Å². The van der Waals surface area contributed by atoms with Gasteiger partial charge >= 0.3 is 5.97 Å². The van der Waals surface area contributed by atoms with Crippen LogP contribution in [0.2, 0.25) is 0 Å². The Bertz CT molecular complexity index is 1320. The third-order valence-electron chi connectivity index (χ3n) is 7.15. The Balaban J connectivity index is 1.51. The van der Waals surface area contributed by atoms with Gasteiger partial charge in [-0.2, -0.15) is 0 Å². The highest BCUT2D eigenvalue weighted by Gasteiger charge is 2.38. The number of nitrogens with one attached hydrogen (secondary N) is 3. The van der Waals surface area contributed by atoms with Crippen LogP contribution in [0.5, 0.6) is 0 Å². The molecular weight excluding hydrogens is 500 g/mol. The van der Waals surface area contributed by atoms with Gasteiger partial charge in [-0.1, -0.05) is 61.4 Å². The second-order valence-electron chi connectivity index (χ2n) is 9.69. The molecule has 0 spiro atoms. The van der Waals surface area contributed by atoms with Gasteiger partial charge in [-0.05, 0) is 30.0 Å². The zero-order valence-electron chi connectivity index (χ0n) is 21.9. The Morgan fingerprint density at radius 2 is 1.69 bits per heavy atom. The molecule has 0 saturated carbocycles. The van der Waals surface area contributed by atoms with E-state index in [1.807, 2.05) is 30.3 Å². The molecule has 1 aliphatic heterocycles. The van der Waals surface area contributed by atoms with Gasteiger partial charge in [0, 0.05) is 35.9 Å². The predicted molar refractivity (Wildman–Crippen MR) is 143 cm³/mol. The molecule has 10 heteroatoms. The lowest BCUT2D eigenvalue weighted by Gasteiger charge is -2.35. The molecule has 39 heavy (non-hydrogen) atoms. The number of methoxy groups -OCH3 is 1. The predicted octanol–water partition coefficient (Wildman–Crippen LogP) is 3.30. The minimum Gasteiger partial charge on any atom is -0.467 e. The van der Waals surface area contributed by atoms with Crippen LogP contribution in [0.3, 0.4) is 0 Å². The SMILES string of the molecule is COC(=O)[C@@H](NC(=O)[C@H]1Cc2c([nH]c3ccccc23)CN1C(=O)CCCCCCC(=O)NO)c1ccccc1. The average Bonchev–Trinajstić information content (AvgIpc) is 3.34. The van der Waals surface area contributed by atoms with Crippen molar-refractivity contribution in [1.82, 2.24) is 20.7 Å². The number of rotatable bonds is 11. The first-order chi connectivity index (χ1) is 18.9. The quantitative estimate of drug-likeness (QED) is 0.129. The molecule has 2 heterocycles. The van der Waals surface area contributed by atoms with Crippen LogP contribution < -0.4 is 10.8 Å². The minimum absolute atomic E-state index is 0.151. The summed E-state index contributed by atoms with van der Waals surface area (Å²) < 4.78 is 4.96. The van der Waals surface area contributed by atoms with Crippen LogP contribution in [0.15, 0.2) is 54.6 Å². The molecule has 0 bridgehead atoms. The number of hydrogen-bond donors (Lipinski definition) is 4. The molecule has 3 amide bonds. The molecule has 1 aromatic heterocycles. The second kappa shape index (κ2) is 13.1. The summed E-state index contributed by atoms with van der Waals surface area (Å²) in [6.07, 6.45) is 3.51. The number of aromatic amines is 1. The van der Waals surface area contributed by atoms with Gasteiger partial charge in [-0.15, -0.1) is 0 Å². The molecule has 10 nitrogen and oxygen atoms in total. The molecule has 0 unspecified atom stereocenters. The van der Waals surface area contributed by atoms with E-state index >= 15 is 0 Å². The number of carbonyl (C=O) groups is 4. The molecule has 0 aliphatic carbocycles. The van der Waals surface area contributed by atoms with Crippen LogP contribution in [-0.2, 0) is 36.9 Å². The number of carbonyl (C=O) groups excluding carboxylic acids is 4. The number of amides is 3. The molecule has 4 N–H and O–H groups in total. The first-order valence-corrected chi connectivity index (χ1v) is 13.2. The molecule has 1 aliphatic rings. The maximum atomic E-state index is 13.7. The normalized spacial score (nSPS) is 15.3. The summed E-state index contributed by atoms with van der Waals surface area (Å²) in [5.41, 5.74) is 5.04. The summed E-state index contributed by atoms with van der Waals surface area (Å²) in [6.45, 7) is 0.256. The van der Waals surface area contributed by atoms with Crippen LogP contribution in [-0.4, -0.2) is 51.9 Å². The lowest BCUT2D eigenvalue weighted by molar-refractivity contribution is -0.147. The molecule has 0 saturated heterocycles. The van der Waals surface area contributed by atoms with Crippen LogP contribution in [0.25, 0.3) is 10.9 Å². The number of benzene rings is 2. The van der Waals surface area contributed by atoms with Crippen molar-refractivity contribution in [3.8, 4) is 0 Å². The molecule has 4 rings (SSSR count). The zero-order valence-corrected chi connectivity index (χ0v) is 21.9. The van der Waals surface area contributed by atoms with Crippen molar-refractivity contribution >= 4 is 34.6 Å². The standard InChI is InChI=1S/C29H34N4O6/c1-39-29(37)27(19-11-5-4-6-12-19)31-28(36)24-17-21-20-13-9-10-14-22(20)30-23(21)18-33(24)26(35)16-8-3-2-7-15-25(34)32-38/h4-6,9-14,24,27,30,38H,2-3,7-8,15-18H2,1H3,(H,31,36)(H,32,34)/t24-,27+/m1/s1. The first kappa shape index (κ1) is 27.8. The zero-order chi connectivity index (χ0) is 27.8. The topological polar surface area (TPSA) is 141 Å². The molecule has 0 fully saturated rings. The van der Waals surface area contributed by atoms with Crippen LogP contribution >= 0.6 is 0 Å². The smallest absolute Gasteiger partial charge is 0.333 e. The first-order valence-electron chi connectivity index (χ1n) is 13.2. The number of fused-ring (bicyclic) bond motifs is 3. The summed E-state index contributed by atoms with van der Waals surface area (Å²) in [6, 6.07) is 14.9. The van der Waals surface area contributed by atoms with E-state index < -0.39 is 29.9 Å². The highest BCUT2D eigenvalue weighted by atomic mass is 16.5. The van der Waals surface area contributed by atoms with Gasteiger partial charge in [0.25, 0.3) is 0 Å². The van der Waals surface area contributed by atoms with Gasteiger partial charge in [0.2, 0.25) is 17.7 Å². The number of aromatic nitrogens is 1. The van der Waals surface area contributed by atoms with E-state index in [0.717, 1.165) is 35.0 Å². The van der Waals surface area contributed by atoms with Gasteiger partial charge in [0.05, 0.1) is 13.7 Å². The second-order valence-corrected chi connectivity index (χ2v) is 9.69. The molecule has 2 atom stereocenters. The van der Waals surface area contributed by atoms with Gasteiger partial charge in [0.15, 0.2) is 6.04 Å². The minimum atomic E-state index is -0.999. The van der Waals surface area contributed by atoms with Crippen molar-refractivity contribution in [2.45, 2.75) is 63.6 Å². The fourth-order valence-electron chi connectivity index (χ4n) is 5.10. The summed E-state index contributed by atoms with van der Waals surface area (Å²) in [4.78, 5) is 55.9. The monoisotopic (exact) mass is 534 g/mol. The number of hydrogen-bond acceptors (Lipinski definition) is 6. The third-order valence-corrected chi connectivity index (χ3v) is 7.15. The van der Waals surface area contributed by atoms with E-state index in [2.05, 4.69) is 10.3 Å². The van der Waals surface area contributed by atoms with Gasteiger partial charge in [-0.25, -0.2) is 10.3 Å². The summed E-state index contributed by atoms with van der Waals surface area (Å²) in [5.74, 6) is -1.59. The van der Waals surface area contributed by atoms with E-state index in [1.165, 1.54) is 7.11 Å². The number of ether oxygens (including phenoxy) is 1.